The Bertz CT molecular complexity index is 111. The fraction of sp³-hybridized carbons (Fsp3) is 0.600. The Hall–Kier alpha value is -0.0200. The minimum atomic E-state index is -0.595. The van der Waals surface area contributed by atoms with E-state index in [1.807, 2.05) is 0 Å². The van der Waals surface area contributed by atoms with Crippen LogP contribution in [0.2, 0.25) is 0 Å². The van der Waals surface area contributed by atoms with Gasteiger partial charge in [0.1, 0.15) is 6.10 Å². The van der Waals surface area contributed by atoms with Gasteiger partial charge in [-0.2, -0.15) is 0 Å². The molecule has 1 atom stereocenters. The van der Waals surface area contributed by atoms with Gasteiger partial charge in [0.25, 0.3) is 0 Å². The van der Waals surface area contributed by atoms with E-state index < -0.39 is 6.10 Å². The van der Waals surface area contributed by atoms with Crippen LogP contribution in [0.4, 0.5) is 0 Å². The summed E-state index contributed by atoms with van der Waals surface area (Å²) in [6.07, 6.45) is -0.595. The molecule has 0 aliphatic carbocycles. The Labute approximate surface area is 53.0 Å². The van der Waals surface area contributed by atoms with Crippen molar-refractivity contribution in [2.75, 3.05) is 12.3 Å². The van der Waals surface area contributed by atoms with Crippen LogP contribution in [0.1, 0.15) is 0 Å². The van der Waals surface area contributed by atoms with Gasteiger partial charge in [-0.25, -0.2) is 0 Å². The Morgan fingerprint density at radius 1 is 1.88 bits per heavy atom. The topological polar surface area (TPSA) is 32.6 Å². The summed E-state index contributed by atoms with van der Waals surface area (Å²) in [7, 11) is 0. The number of hydrogen-bond acceptors (Lipinski definition) is 3. The Kier molecular flexibility index (Phi) is 1.91. The molecule has 0 saturated carbocycles. The summed E-state index contributed by atoms with van der Waals surface area (Å²) < 4.78 is 0. The van der Waals surface area contributed by atoms with Crippen LogP contribution in [0, 0.1) is 6.92 Å². The number of aliphatic imine (C=N–C) groups is 1. The van der Waals surface area contributed by atoms with Gasteiger partial charge in [0.15, 0.2) is 0 Å². The van der Waals surface area contributed by atoms with E-state index in [2.05, 4.69) is 11.9 Å². The molecular formula is C5H8NOS. The van der Waals surface area contributed by atoms with Gasteiger partial charge in [0.2, 0.25) is 0 Å². The molecule has 45 valence electrons. The molecule has 0 saturated heterocycles. The molecule has 8 heavy (non-hydrogen) atoms. The zero-order valence-corrected chi connectivity index (χ0v) is 5.32. The largest absolute Gasteiger partial charge is 0.386 e. The molecule has 0 aromatic carbocycles. The second kappa shape index (κ2) is 2.51. The molecule has 1 heterocycles. The zero-order valence-electron chi connectivity index (χ0n) is 4.50. The third-order valence-corrected chi connectivity index (χ3v) is 1.98. The minimum absolute atomic E-state index is 0.595. The average Bonchev–Trinajstić information content (AvgIpc) is 2.12. The summed E-state index contributed by atoms with van der Waals surface area (Å²) in [5, 5.41) is 9.57. The molecule has 0 fully saturated rings. The highest BCUT2D eigenvalue weighted by molar-refractivity contribution is 8.14. The predicted octanol–water partition coefficient (Wildman–Crippen LogP) is 0.327. The molecule has 1 rings (SSSR count). The van der Waals surface area contributed by atoms with E-state index >= 15 is 0 Å². The molecule has 1 unspecified atom stereocenters. The van der Waals surface area contributed by atoms with Crippen molar-refractivity contribution in [2.24, 2.45) is 4.99 Å². The van der Waals surface area contributed by atoms with Crippen LogP contribution in [-0.2, 0) is 0 Å². The Morgan fingerprint density at radius 2 is 2.62 bits per heavy atom. The first-order valence-corrected chi connectivity index (χ1v) is 3.47. The molecule has 1 radical (unpaired) electrons. The Morgan fingerprint density at radius 3 is 2.88 bits per heavy atom. The first kappa shape index (κ1) is 6.11. The lowest BCUT2D eigenvalue weighted by Gasteiger charge is -1.98. The first-order chi connectivity index (χ1) is 3.80. The van der Waals surface area contributed by atoms with Gasteiger partial charge in [0, 0.05) is 12.3 Å². The van der Waals surface area contributed by atoms with Gasteiger partial charge < -0.3 is 5.11 Å². The maximum absolute atomic E-state index is 8.79. The maximum atomic E-state index is 8.79. The van der Waals surface area contributed by atoms with Gasteiger partial charge in [-0.15, -0.1) is 11.8 Å². The van der Waals surface area contributed by atoms with Crippen molar-refractivity contribution in [1.29, 1.82) is 0 Å². The van der Waals surface area contributed by atoms with Crippen LogP contribution in [0.15, 0.2) is 4.99 Å². The predicted molar refractivity (Wildman–Crippen MR) is 36.1 cm³/mol. The third kappa shape index (κ3) is 1.23. The summed E-state index contributed by atoms with van der Waals surface area (Å²) in [6, 6.07) is 0. The number of thioether (sulfide) groups is 1. The van der Waals surface area contributed by atoms with Crippen molar-refractivity contribution in [3.63, 3.8) is 0 Å². The summed E-state index contributed by atoms with van der Waals surface area (Å²) in [4.78, 5) is 4.00. The molecule has 0 amide bonds. The van der Waals surface area contributed by atoms with E-state index in [4.69, 9.17) is 5.11 Å². The van der Waals surface area contributed by atoms with Crippen molar-refractivity contribution in [1.82, 2.24) is 0 Å². The molecule has 1 aliphatic heterocycles. The minimum Gasteiger partial charge on any atom is -0.386 e. The smallest absolute Gasteiger partial charge is 0.102 e. The summed E-state index contributed by atoms with van der Waals surface area (Å²) >= 11 is 1.59. The van der Waals surface area contributed by atoms with E-state index in [9.17, 15) is 0 Å². The lowest BCUT2D eigenvalue weighted by molar-refractivity contribution is 0.290. The highest BCUT2D eigenvalue weighted by Gasteiger charge is 2.10. The maximum Gasteiger partial charge on any atom is 0.102 e. The van der Waals surface area contributed by atoms with Crippen molar-refractivity contribution < 1.29 is 5.11 Å². The lowest BCUT2D eigenvalue weighted by atomic mass is 10.4. The molecule has 2 nitrogen and oxygen atoms in total. The monoisotopic (exact) mass is 130 g/mol. The molecular weight excluding hydrogens is 122 g/mol. The van der Waals surface area contributed by atoms with Crippen LogP contribution < -0.4 is 0 Å². The molecule has 0 aromatic rings. The summed E-state index contributed by atoms with van der Waals surface area (Å²) in [6.45, 7) is 4.26. The standard InChI is InChI=1S/C5H8NOS/c1-4(7)5-6-2-3-8-5/h4,7H,1-3H2. The van der Waals surface area contributed by atoms with Crippen molar-refractivity contribution >= 4 is 16.8 Å². The van der Waals surface area contributed by atoms with E-state index in [0.29, 0.717) is 0 Å². The summed E-state index contributed by atoms with van der Waals surface area (Å²) in [5.74, 6) is 1.00. The van der Waals surface area contributed by atoms with E-state index in [1.54, 1.807) is 11.8 Å². The number of aliphatic hydroxyl groups is 1. The third-order valence-electron chi connectivity index (χ3n) is 0.894. The van der Waals surface area contributed by atoms with E-state index in [0.717, 1.165) is 17.3 Å². The van der Waals surface area contributed by atoms with Gasteiger partial charge in [-0.1, -0.05) is 0 Å². The van der Waals surface area contributed by atoms with Gasteiger partial charge in [-0.05, 0) is 6.92 Å². The molecule has 1 aliphatic rings. The number of rotatable bonds is 1. The second-order valence-electron chi connectivity index (χ2n) is 1.58. The molecule has 3 heteroatoms. The molecule has 1 N–H and O–H groups in total. The SMILES string of the molecule is [CH2]C(O)C1=NCCS1. The normalized spacial score (nSPS) is 23.0. The van der Waals surface area contributed by atoms with Crippen LogP contribution >= 0.6 is 11.8 Å². The number of aliphatic hydroxyl groups excluding tert-OH is 1. The Balaban J connectivity index is 2.45. The van der Waals surface area contributed by atoms with E-state index in [1.165, 1.54) is 0 Å². The molecule has 0 spiro atoms. The van der Waals surface area contributed by atoms with Crippen molar-refractivity contribution in [2.45, 2.75) is 6.10 Å². The van der Waals surface area contributed by atoms with Crippen molar-refractivity contribution in [3.8, 4) is 0 Å². The summed E-state index contributed by atoms with van der Waals surface area (Å²) in [5.41, 5.74) is 0. The number of nitrogens with zero attached hydrogens (tertiary/aromatic N) is 1. The van der Waals surface area contributed by atoms with Crippen LogP contribution in [0.25, 0.3) is 0 Å². The van der Waals surface area contributed by atoms with Crippen LogP contribution in [0.5, 0.6) is 0 Å². The molecule has 0 bridgehead atoms. The van der Waals surface area contributed by atoms with Gasteiger partial charge >= 0.3 is 0 Å². The fourth-order valence-corrected chi connectivity index (χ4v) is 1.32. The lowest BCUT2D eigenvalue weighted by Crippen LogP contribution is -2.09. The highest BCUT2D eigenvalue weighted by atomic mass is 32.2. The van der Waals surface area contributed by atoms with Gasteiger partial charge in [-0.3, -0.25) is 4.99 Å². The molecule has 0 aromatic heterocycles. The number of hydrogen-bond donors (Lipinski definition) is 1. The highest BCUT2D eigenvalue weighted by Crippen LogP contribution is 2.13. The van der Waals surface area contributed by atoms with Gasteiger partial charge in [0.05, 0.1) is 5.04 Å². The second-order valence-corrected chi connectivity index (χ2v) is 2.70. The average molecular weight is 130 g/mol. The van der Waals surface area contributed by atoms with E-state index in [-0.39, 0.29) is 0 Å². The first-order valence-electron chi connectivity index (χ1n) is 2.49. The van der Waals surface area contributed by atoms with Crippen LogP contribution in [0.3, 0.4) is 0 Å². The van der Waals surface area contributed by atoms with Crippen LogP contribution in [-0.4, -0.2) is 28.6 Å². The fourth-order valence-electron chi connectivity index (χ4n) is 0.553. The van der Waals surface area contributed by atoms with Crippen molar-refractivity contribution in [3.05, 3.63) is 6.92 Å². The zero-order chi connectivity index (χ0) is 5.98. The quantitative estimate of drug-likeness (QED) is 0.554.